The van der Waals surface area contributed by atoms with Crippen LogP contribution in [0.4, 0.5) is 5.69 Å². The lowest BCUT2D eigenvalue weighted by Gasteiger charge is -2.16. The van der Waals surface area contributed by atoms with Crippen LogP contribution < -0.4 is 5.32 Å². The van der Waals surface area contributed by atoms with Gasteiger partial charge >= 0.3 is 0 Å². The fraction of sp³-hybridized carbons (Fsp3) is 0.263. The van der Waals surface area contributed by atoms with E-state index in [1.807, 2.05) is 37.3 Å². The Kier molecular flexibility index (Phi) is 5.52. The van der Waals surface area contributed by atoms with Crippen LogP contribution in [-0.2, 0) is 4.79 Å². The summed E-state index contributed by atoms with van der Waals surface area (Å²) in [5.41, 5.74) is 2.30. The zero-order valence-electron chi connectivity index (χ0n) is 13.7. The monoisotopic (exact) mass is 310 g/mol. The Morgan fingerprint density at radius 2 is 1.61 bits per heavy atom. The van der Waals surface area contributed by atoms with Gasteiger partial charge in [-0.05, 0) is 36.2 Å². The number of anilines is 1. The number of nitrogens with one attached hydrogen (secondary N) is 1. The molecule has 23 heavy (non-hydrogen) atoms. The van der Waals surface area contributed by atoms with Crippen molar-refractivity contribution in [1.29, 1.82) is 0 Å². The molecule has 2 amide bonds. The smallest absolute Gasteiger partial charge is 0.253 e. The first-order valence-corrected chi connectivity index (χ1v) is 7.70. The Bertz CT molecular complexity index is 664. The van der Waals surface area contributed by atoms with Gasteiger partial charge in [-0.25, -0.2) is 0 Å². The van der Waals surface area contributed by atoms with Crippen LogP contribution in [0.2, 0.25) is 0 Å². The predicted molar refractivity (Wildman–Crippen MR) is 92.6 cm³/mol. The van der Waals surface area contributed by atoms with Gasteiger partial charge in [-0.3, -0.25) is 9.59 Å². The third kappa shape index (κ3) is 4.19. The van der Waals surface area contributed by atoms with E-state index >= 15 is 0 Å². The summed E-state index contributed by atoms with van der Waals surface area (Å²) in [4.78, 5) is 25.9. The van der Waals surface area contributed by atoms with Crippen molar-refractivity contribution in [3.63, 3.8) is 0 Å². The molecule has 0 saturated heterocycles. The number of hydrogen-bond acceptors (Lipinski definition) is 2. The Balaban J connectivity index is 2.09. The Hall–Kier alpha value is -2.62. The van der Waals surface area contributed by atoms with E-state index in [0.717, 1.165) is 12.0 Å². The molecule has 1 unspecified atom stereocenters. The van der Waals surface area contributed by atoms with E-state index in [1.165, 1.54) is 4.90 Å². The van der Waals surface area contributed by atoms with Crippen LogP contribution in [0.3, 0.4) is 0 Å². The first-order chi connectivity index (χ1) is 11.0. The quantitative estimate of drug-likeness (QED) is 0.918. The second-order valence-electron chi connectivity index (χ2n) is 5.64. The van der Waals surface area contributed by atoms with E-state index in [-0.39, 0.29) is 17.7 Å². The lowest BCUT2D eigenvalue weighted by Crippen LogP contribution is -2.22. The Labute approximate surface area is 137 Å². The summed E-state index contributed by atoms with van der Waals surface area (Å²) >= 11 is 0. The average Bonchev–Trinajstić information content (AvgIpc) is 2.56. The molecule has 0 fully saturated rings. The normalized spacial score (nSPS) is 11.6. The standard InChI is InChI=1S/C19H22N2O2/c1-4-17(14-8-6-5-7-9-14)18(22)20-16-12-10-15(11-13-16)19(23)21(2)3/h5-13,17H,4H2,1-3H3,(H,20,22). The molecule has 4 heteroatoms. The summed E-state index contributed by atoms with van der Waals surface area (Å²) < 4.78 is 0. The first kappa shape index (κ1) is 16.7. The Morgan fingerprint density at radius 3 is 2.13 bits per heavy atom. The minimum Gasteiger partial charge on any atom is -0.345 e. The van der Waals surface area contributed by atoms with Crippen LogP contribution in [0.15, 0.2) is 54.6 Å². The van der Waals surface area contributed by atoms with Crippen molar-refractivity contribution in [3.8, 4) is 0 Å². The van der Waals surface area contributed by atoms with Gasteiger partial charge in [0.15, 0.2) is 0 Å². The van der Waals surface area contributed by atoms with Crippen molar-refractivity contribution in [3.05, 3.63) is 65.7 Å². The number of hydrogen-bond donors (Lipinski definition) is 1. The minimum absolute atomic E-state index is 0.0367. The molecule has 0 aliphatic rings. The van der Waals surface area contributed by atoms with E-state index in [2.05, 4.69) is 5.32 Å². The minimum atomic E-state index is -0.181. The molecule has 4 nitrogen and oxygen atoms in total. The highest BCUT2D eigenvalue weighted by Crippen LogP contribution is 2.21. The van der Waals surface area contributed by atoms with Gasteiger partial charge in [0, 0.05) is 25.3 Å². The average molecular weight is 310 g/mol. The van der Waals surface area contributed by atoms with Gasteiger partial charge in [0.05, 0.1) is 5.92 Å². The SMILES string of the molecule is CCC(C(=O)Nc1ccc(C(=O)N(C)C)cc1)c1ccccc1. The molecule has 0 aliphatic heterocycles. The van der Waals surface area contributed by atoms with Crippen LogP contribution in [0, 0.1) is 0 Å². The second-order valence-corrected chi connectivity index (χ2v) is 5.64. The summed E-state index contributed by atoms with van der Waals surface area (Å²) in [6, 6.07) is 16.7. The maximum absolute atomic E-state index is 12.5. The van der Waals surface area contributed by atoms with Crippen LogP contribution >= 0.6 is 0 Å². The van der Waals surface area contributed by atoms with Crippen LogP contribution in [0.25, 0.3) is 0 Å². The molecule has 0 bridgehead atoms. The highest BCUT2D eigenvalue weighted by atomic mass is 16.2. The highest BCUT2D eigenvalue weighted by Gasteiger charge is 2.18. The predicted octanol–water partition coefficient (Wildman–Crippen LogP) is 3.52. The van der Waals surface area contributed by atoms with Crippen molar-refractivity contribution in [1.82, 2.24) is 4.90 Å². The molecule has 0 aliphatic carbocycles. The number of carbonyl (C=O) groups is 2. The maximum atomic E-state index is 12.5. The van der Waals surface area contributed by atoms with Gasteiger partial charge < -0.3 is 10.2 Å². The first-order valence-electron chi connectivity index (χ1n) is 7.70. The summed E-state index contributed by atoms with van der Waals surface area (Å²) in [6.07, 6.45) is 0.729. The highest BCUT2D eigenvalue weighted by molar-refractivity contribution is 5.97. The van der Waals surface area contributed by atoms with Gasteiger partial charge in [-0.1, -0.05) is 37.3 Å². The number of benzene rings is 2. The fourth-order valence-electron chi connectivity index (χ4n) is 2.44. The lowest BCUT2D eigenvalue weighted by molar-refractivity contribution is -0.117. The van der Waals surface area contributed by atoms with E-state index in [1.54, 1.807) is 38.4 Å². The van der Waals surface area contributed by atoms with E-state index in [4.69, 9.17) is 0 Å². The third-order valence-corrected chi connectivity index (χ3v) is 3.73. The summed E-state index contributed by atoms with van der Waals surface area (Å²) in [6.45, 7) is 2.00. The van der Waals surface area contributed by atoms with Gasteiger partial charge in [-0.15, -0.1) is 0 Å². The lowest BCUT2D eigenvalue weighted by atomic mass is 9.95. The maximum Gasteiger partial charge on any atom is 0.253 e. The topological polar surface area (TPSA) is 49.4 Å². The molecule has 0 saturated carbocycles. The largest absolute Gasteiger partial charge is 0.345 e. The zero-order chi connectivity index (χ0) is 16.8. The third-order valence-electron chi connectivity index (χ3n) is 3.73. The molecule has 0 spiro atoms. The van der Waals surface area contributed by atoms with Crippen LogP contribution in [0.1, 0.15) is 35.2 Å². The van der Waals surface area contributed by atoms with Gasteiger partial charge in [0.2, 0.25) is 5.91 Å². The van der Waals surface area contributed by atoms with Gasteiger partial charge in [-0.2, -0.15) is 0 Å². The fourth-order valence-corrected chi connectivity index (χ4v) is 2.44. The molecule has 0 radical (unpaired) electrons. The number of amides is 2. The van der Waals surface area contributed by atoms with Crippen molar-refractivity contribution in [2.24, 2.45) is 0 Å². The van der Waals surface area contributed by atoms with Gasteiger partial charge in [0.25, 0.3) is 5.91 Å². The van der Waals surface area contributed by atoms with Crippen LogP contribution in [0.5, 0.6) is 0 Å². The van der Waals surface area contributed by atoms with Gasteiger partial charge in [0.1, 0.15) is 0 Å². The van der Waals surface area contributed by atoms with Crippen LogP contribution in [-0.4, -0.2) is 30.8 Å². The molecule has 0 heterocycles. The number of rotatable bonds is 5. The summed E-state index contributed by atoms with van der Waals surface area (Å²) in [5, 5.41) is 2.92. The van der Waals surface area contributed by atoms with E-state index < -0.39 is 0 Å². The van der Waals surface area contributed by atoms with Crippen molar-refractivity contribution < 1.29 is 9.59 Å². The molecule has 1 N–H and O–H groups in total. The van der Waals surface area contributed by atoms with Crippen molar-refractivity contribution in [2.75, 3.05) is 19.4 Å². The molecular weight excluding hydrogens is 288 g/mol. The molecule has 2 rings (SSSR count). The van der Waals surface area contributed by atoms with E-state index in [9.17, 15) is 9.59 Å². The van der Waals surface area contributed by atoms with Crippen molar-refractivity contribution in [2.45, 2.75) is 19.3 Å². The molecule has 1 atom stereocenters. The number of nitrogens with zero attached hydrogens (tertiary/aromatic N) is 1. The van der Waals surface area contributed by atoms with E-state index in [0.29, 0.717) is 11.3 Å². The summed E-state index contributed by atoms with van der Waals surface area (Å²) in [7, 11) is 3.42. The number of carbonyl (C=O) groups excluding carboxylic acids is 2. The molecule has 120 valence electrons. The molecular formula is C19H22N2O2. The molecule has 2 aromatic carbocycles. The molecule has 2 aromatic rings. The summed E-state index contributed by atoms with van der Waals surface area (Å²) in [5.74, 6) is -0.275. The zero-order valence-corrected chi connectivity index (χ0v) is 13.7. The molecule has 0 aromatic heterocycles. The van der Waals surface area contributed by atoms with Crippen molar-refractivity contribution >= 4 is 17.5 Å². The Morgan fingerprint density at radius 1 is 1.00 bits per heavy atom. The second kappa shape index (κ2) is 7.58.